The number of anilines is 1. The van der Waals surface area contributed by atoms with Crippen LogP contribution in [0.2, 0.25) is 0 Å². The first-order valence-corrected chi connectivity index (χ1v) is 7.39. The van der Waals surface area contributed by atoms with E-state index in [1.54, 1.807) is 0 Å². The van der Waals surface area contributed by atoms with Gasteiger partial charge in [-0.05, 0) is 38.1 Å². The number of hydrogen-bond acceptors (Lipinski definition) is 3. The van der Waals surface area contributed by atoms with Crippen LogP contribution in [-0.4, -0.2) is 36.5 Å². The molecule has 0 aliphatic rings. The highest BCUT2D eigenvalue weighted by Crippen LogP contribution is 2.15. The van der Waals surface area contributed by atoms with Crippen molar-refractivity contribution < 1.29 is 4.79 Å². The number of hydrogen-bond donors (Lipinski definition) is 2. The molecule has 0 saturated carbocycles. The van der Waals surface area contributed by atoms with Gasteiger partial charge in [-0.15, -0.1) is 0 Å². The number of benzene rings is 1. The van der Waals surface area contributed by atoms with Crippen molar-refractivity contribution in [1.82, 2.24) is 4.90 Å². The van der Waals surface area contributed by atoms with E-state index in [1.807, 2.05) is 43.0 Å². The second kappa shape index (κ2) is 8.17. The molecule has 0 aliphatic carbocycles. The molecule has 1 amide bonds. The fourth-order valence-corrected chi connectivity index (χ4v) is 2.16. The number of nitrogens with zero attached hydrogens (tertiary/aromatic N) is 1. The highest BCUT2D eigenvalue weighted by Gasteiger charge is 2.16. The number of rotatable bonds is 7. The van der Waals surface area contributed by atoms with Crippen LogP contribution in [0.1, 0.15) is 20.3 Å². The molecule has 0 heterocycles. The highest BCUT2D eigenvalue weighted by molar-refractivity contribution is 9.10. The van der Waals surface area contributed by atoms with Gasteiger partial charge in [-0.25, -0.2) is 0 Å². The second-order valence-electron chi connectivity index (χ2n) is 4.35. The van der Waals surface area contributed by atoms with Gasteiger partial charge in [0.2, 0.25) is 5.91 Å². The van der Waals surface area contributed by atoms with Gasteiger partial charge in [0.25, 0.3) is 0 Å². The summed E-state index contributed by atoms with van der Waals surface area (Å²) >= 11 is 3.39. The van der Waals surface area contributed by atoms with Crippen molar-refractivity contribution in [1.29, 1.82) is 0 Å². The standard InChI is InChI=1S/C14H22BrN3O/c1-3-18(4-2)14(19)9-13(10-16)17-12-7-5-11(15)6-8-12/h5-8,13,17H,3-4,9-10,16H2,1-2H3. The molecule has 0 bridgehead atoms. The predicted octanol–water partition coefficient (Wildman–Crippen LogP) is 2.45. The number of nitrogens with two attached hydrogens (primary N) is 1. The molecule has 1 rings (SSSR count). The molecule has 1 unspecified atom stereocenters. The maximum absolute atomic E-state index is 12.0. The number of carbonyl (C=O) groups is 1. The van der Waals surface area contributed by atoms with Crippen molar-refractivity contribution in [2.75, 3.05) is 25.0 Å². The monoisotopic (exact) mass is 327 g/mol. The molecule has 0 radical (unpaired) electrons. The largest absolute Gasteiger partial charge is 0.381 e. The molecule has 3 N–H and O–H groups in total. The molecule has 1 aromatic rings. The summed E-state index contributed by atoms with van der Waals surface area (Å²) in [4.78, 5) is 13.9. The molecule has 0 fully saturated rings. The summed E-state index contributed by atoms with van der Waals surface area (Å²) in [5.41, 5.74) is 6.72. The predicted molar refractivity (Wildman–Crippen MR) is 83.2 cm³/mol. The summed E-state index contributed by atoms with van der Waals surface area (Å²) < 4.78 is 1.03. The summed E-state index contributed by atoms with van der Waals surface area (Å²) in [5.74, 6) is 0.144. The van der Waals surface area contributed by atoms with Crippen molar-refractivity contribution in [2.24, 2.45) is 5.73 Å². The van der Waals surface area contributed by atoms with E-state index in [0.717, 1.165) is 23.2 Å². The van der Waals surface area contributed by atoms with E-state index in [2.05, 4.69) is 21.2 Å². The lowest BCUT2D eigenvalue weighted by molar-refractivity contribution is -0.131. The van der Waals surface area contributed by atoms with Crippen LogP contribution in [0.5, 0.6) is 0 Å². The fourth-order valence-electron chi connectivity index (χ4n) is 1.89. The molecule has 106 valence electrons. The summed E-state index contributed by atoms with van der Waals surface area (Å²) in [6.07, 6.45) is 0.425. The molecule has 5 heteroatoms. The summed E-state index contributed by atoms with van der Waals surface area (Å²) in [5, 5.41) is 3.30. The minimum absolute atomic E-state index is 0.0331. The first kappa shape index (κ1) is 16.0. The first-order valence-electron chi connectivity index (χ1n) is 6.60. The lowest BCUT2D eigenvalue weighted by Crippen LogP contribution is -2.38. The van der Waals surface area contributed by atoms with Gasteiger partial charge in [-0.1, -0.05) is 15.9 Å². The Morgan fingerprint density at radius 1 is 1.32 bits per heavy atom. The van der Waals surface area contributed by atoms with Gasteiger partial charge < -0.3 is 16.0 Å². The molecule has 1 atom stereocenters. The molecule has 19 heavy (non-hydrogen) atoms. The van der Waals surface area contributed by atoms with Gasteiger partial charge in [0.1, 0.15) is 0 Å². The Balaban J connectivity index is 2.58. The minimum atomic E-state index is -0.0331. The Labute approximate surface area is 123 Å². The number of carbonyl (C=O) groups excluding carboxylic acids is 1. The first-order chi connectivity index (χ1) is 9.10. The molecule has 0 aliphatic heterocycles. The maximum atomic E-state index is 12.0. The molecule has 0 spiro atoms. The van der Waals surface area contributed by atoms with E-state index < -0.39 is 0 Å². The molecule has 4 nitrogen and oxygen atoms in total. The van der Waals surface area contributed by atoms with Crippen molar-refractivity contribution in [3.63, 3.8) is 0 Å². The Morgan fingerprint density at radius 3 is 2.37 bits per heavy atom. The lowest BCUT2D eigenvalue weighted by atomic mass is 10.1. The van der Waals surface area contributed by atoms with Gasteiger partial charge in [-0.2, -0.15) is 0 Å². The van der Waals surface area contributed by atoms with Crippen LogP contribution in [0.4, 0.5) is 5.69 Å². The quantitative estimate of drug-likeness (QED) is 0.808. The zero-order chi connectivity index (χ0) is 14.3. The van der Waals surface area contributed by atoms with Gasteiger partial charge in [0, 0.05) is 42.3 Å². The Hall–Kier alpha value is -1.07. The van der Waals surface area contributed by atoms with Gasteiger partial charge in [0.15, 0.2) is 0 Å². The lowest BCUT2D eigenvalue weighted by Gasteiger charge is -2.23. The second-order valence-corrected chi connectivity index (χ2v) is 5.27. The van der Waals surface area contributed by atoms with E-state index in [1.165, 1.54) is 0 Å². The molecular formula is C14H22BrN3O. The van der Waals surface area contributed by atoms with Crippen LogP contribution in [0.3, 0.4) is 0 Å². The molecule has 1 aromatic carbocycles. The van der Waals surface area contributed by atoms with Crippen molar-refractivity contribution in [2.45, 2.75) is 26.3 Å². The third kappa shape index (κ3) is 5.20. The third-order valence-corrected chi connectivity index (χ3v) is 3.57. The van der Waals surface area contributed by atoms with Crippen LogP contribution in [0.25, 0.3) is 0 Å². The van der Waals surface area contributed by atoms with Crippen LogP contribution < -0.4 is 11.1 Å². The Bertz CT molecular complexity index is 390. The Morgan fingerprint density at radius 2 is 1.89 bits per heavy atom. The number of nitrogens with one attached hydrogen (secondary N) is 1. The van der Waals surface area contributed by atoms with Crippen LogP contribution in [0, 0.1) is 0 Å². The van der Waals surface area contributed by atoms with Crippen LogP contribution >= 0.6 is 15.9 Å². The van der Waals surface area contributed by atoms with Crippen LogP contribution in [0.15, 0.2) is 28.7 Å². The van der Waals surface area contributed by atoms with E-state index in [0.29, 0.717) is 13.0 Å². The van der Waals surface area contributed by atoms with E-state index in [9.17, 15) is 4.79 Å². The summed E-state index contributed by atoms with van der Waals surface area (Å²) in [6, 6.07) is 7.82. The van der Waals surface area contributed by atoms with Crippen molar-refractivity contribution in [3.05, 3.63) is 28.7 Å². The minimum Gasteiger partial charge on any atom is -0.381 e. The third-order valence-electron chi connectivity index (χ3n) is 3.04. The van der Waals surface area contributed by atoms with Crippen molar-refractivity contribution in [3.8, 4) is 0 Å². The average Bonchev–Trinajstić information content (AvgIpc) is 2.41. The van der Waals surface area contributed by atoms with E-state index in [-0.39, 0.29) is 11.9 Å². The molecular weight excluding hydrogens is 306 g/mol. The average molecular weight is 328 g/mol. The van der Waals surface area contributed by atoms with Gasteiger partial charge in [0.05, 0.1) is 0 Å². The zero-order valence-corrected chi connectivity index (χ0v) is 13.1. The van der Waals surface area contributed by atoms with Crippen LogP contribution in [-0.2, 0) is 4.79 Å². The highest BCUT2D eigenvalue weighted by atomic mass is 79.9. The summed E-state index contributed by atoms with van der Waals surface area (Å²) in [6.45, 7) is 5.89. The normalized spacial score (nSPS) is 12.0. The SMILES string of the molecule is CCN(CC)C(=O)CC(CN)Nc1ccc(Br)cc1. The van der Waals surface area contributed by atoms with E-state index in [4.69, 9.17) is 5.73 Å². The summed E-state index contributed by atoms with van der Waals surface area (Å²) in [7, 11) is 0. The topological polar surface area (TPSA) is 58.4 Å². The Kier molecular flexibility index (Phi) is 6.87. The zero-order valence-electron chi connectivity index (χ0n) is 11.5. The molecule has 0 aromatic heterocycles. The number of amides is 1. The number of halogens is 1. The van der Waals surface area contributed by atoms with E-state index >= 15 is 0 Å². The van der Waals surface area contributed by atoms with Gasteiger partial charge in [-0.3, -0.25) is 4.79 Å². The smallest absolute Gasteiger partial charge is 0.224 e. The van der Waals surface area contributed by atoms with Gasteiger partial charge >= 0.3 is 0 Å². The molecule has 0 saturated heterocycles. The fraction of sp³-hybridized carbons (Fsp3) is 0.500. The maximum Gasteiger partial charge on any atom is 0.224 e. The van der Waals surface area contributed by atoms with Crippen molar-refractivity contribution >= 4 is 27.5 Å².